The molecule has 0 aliphatic rings. The number of para-hydroxylation sites is 1. The first-order chi connectivity index (χ1) is 15.1. The van der Waals surface area contributed by atoms with E-state index < -0.39 is 0 Å². The standard InChI is InChI=1S/C24H23N5OS/c1-17-12-13-21(14-18(17)2)29-24(26-27-28-29)31-16-23(30)25-22-11-7-6-10-20(22)15-19-8-4-3-5-9-19/h3-14H,15-16H2,1-2H3,(H,25,30). The average Bonchev–Trinajstić information content (AvgIpc) is 3.25. The van der Waals surface area contributed by atoms with Crippen molar-refractivity contribution in [3.05, 3.63) is 95.1 Å². The van der Waals surface area contributed by atoms with Gasteiger partial charge in [-0.25, -0.2) is 0 Å². The van der Waals surface area contributed by atoms with Crippen molar-refractivity contribution < 1.29 is 4.79 Å². The predicted octanol–water partition coefficient (Wildman–Crippen LogP) is 4.60. The zero-order chi connectivity index (χ0) is 21.6. The predicted molar refractivity (Wildman–Crippen MR) is 124 cm³/mol. The lowest BCUT2D eigenvalue weighted by molar-refractivity contribution is -0.113. The van der Waals surface area contributed by atoms with Gasteiger partial charge in [0.1, 0.15) is 0 Å². The van der Waals surface area contributed by atoms with Crippen LogP contribution in [-0.2, 0) is 11.2 Å². The maximum absolute atomic E-state index is 12.6. The van der Waals surface area contributed by atoms with E-state index in [1.165, 1.54) is 22.9 Å². The monoisotopic (exact) mass is 429 g/mol. The molecule has 0 spiro atoms. The molecule has 0 saturated carbocycles. The molecule has 7 heteroatoms. The third kappa shape index (κ3) is 5.19. The zero-order valence-electron chi connectivity index (χ0n) is 17.4. The minimum atomic E-state index is -0.0971. The Morgan fingerprint density at radius 1 is 0.968 bits per heavy atom. The number of tetrazole rings is 1. The molecule has 4 aromatic rings. The number of hydrogen-bond acceptors (Lipinski definition) is 5. The second-order valence-corrected chi connectivity index (χ2v) is 8.24. The third-order valence-corrected chi connectivity index (χ3v) is 5.96. The van der Waals surface area contributed by atoms with Crippen molar-refractivity contribution in [2.75, 3.05) is 11.1 Å². The summed E-state index contributed by atoms with van der Waals surface area (Å²) in [4.78, 5) is 12.6. The number of hydrogen-bond donors (Lipinski definition) is 1. The largest absolute Gasteiger partial charge is 0.325 e. The van der Waals surface area contributed by atoms with Crippen LogP contribution in [0.3, 0.4) is 0 Å². The van der Waals surface area contributed by atoms with Crippen LogP contribution in [0.5, 0.6) is 0 Å². The first kappa shape index (κ1) is 20.8. The smallest absolute Gasteiger partial charge is 0.234 e. The number of carbonyl (C=O) groups is 1. The van der Waals surface area contributed by atoms with Gasteiger partial charge in [0.2, 0.25) is 11.1 Å². The summed E-state index contributed by atoms with van der Waals surface area (Å²) in [7, 11) is 0. The second kappa shape index (κ2) is 9.57. The highest BCUT2D eigenvalue weighted by atomic mass is 32.2. The summed E-state index contributed by atoms with van der Waals surface area (Å²) >= 11 is 1.31. The number of benzene rings is 3. The molecule has 1 N–H and O–H groups in total. The Labute approximate surface area is 185 Å². The molecular formula is C24H23N5OS. The van der Waals surface area contributed by atoms with Crippen molar-refractivity contribution in [3.8, 4) is 5.69 Å². The van der Waals surface area contributed by atoms with Gasteiger partial charge in [0.15, 0.2) is 0 Å². The van der Waals surface area contributed by atoms with E-state index in [0.717, 1.165) is 28.9 Å². The van der Waals surface area contributed by atoms with Crippen LogP contribution >= 0.6 is 11.8 Å². The highest BCUT2D eigenvalue weighted by molar-refractivity contribution is 7.99. The highest BCUT2D eigenvalue weighted by Gasteiger charge is 2.13. The van der Waals surface area contributed by atoms with E-state index in [1.807, 2.05) is 60.7 Å². The molecule has 0 fully saturated rings. The lowest BCUT2D eigenvalue weighted by atomic mass is 10.0. The fourth-order valence-corrected chi connectivity index (χ4v) is 3.91. The van der Waals surface area contributed by atoms with Crippen molar-refractivity contribution >= 4 is 23.4 Å². The summed E-state index contributed by atoms with van der Waals surface area (Å²) in [5, 5.41) is 15.6. The number of carbonyl (C=O) groups excluding carboxylic acids is 1. The minimum Gasteiger partial charge on any atom is -0.325 e. The van der Waals surface area contributed by atoms with Gasteiger partial charge >= 0.3 is 0 Å². The van der Waals surface area contributed by atoms with Crippen LogP contribution < -0.4 is 5.32 Å². The molecule has 6 nitrogen and oxygen atoms in total. The zero-order valence-corrected chi connectivity index (χ0v) is 18.3. The third-order valence-electron chi connectivity index (χ3n) is 5.04. The summed E-state index contributed by atoms with van der Waals surface area (Å²) in [6.45, 7) is 4.12. The molecule has 156 valence electrons. The number of aromatic nitrogens is 4. The lowest BCUT2D eigenvalue weighted by Crippen LogP contribution is -2.16. The molecule has 0 radical (unpaired) electrons. The maximum Gasteiger partial charge on any atom is 0.234 e. The van der Waals surface area contributed by atoms with E-state index in [2.05, 4.69) is 46.8 Å². The summed E-state index contributed by atoms with van der Waals surface area (Å²) in [6.07, 6.45) is 0.759. The Morgan fingerprint density at radius 2 is 1.74 bits per heavy atom. The minimum absolute atomic E-state index is 0.0971. The molecular weight excluding hydrogens is 406 g/mol. The van der Waals surface area contributed by atoms with Crippen LogP contribution in [0.25, 0.3) is 5.69 Å². The summed E-state index contributed by atoms with van der Waals surface area (Å²) in [5.41, 5.74) is 6.35. The molecule has 0 aliphatic carbocycles. The van der Waals surface area contributed by atoms with Gasteiger partial charge in [-0.3, -0.25) is 4.79 Å². The Balaban J connectivity index is 1.42. The van der Waals surface area contributed by atoms with Gasteiger partial charge in [0.05, 0.1) is 11.4 Å². The lowest BCUT2D eigenvalue weighted by Gasteiger charge is -2.11. The van der Waals surface area contributed by atoms with Crippen molar-refractivity contribution in [2.45, 2.75) is 25.4 Å². The number of nitrogens with one attached hydrogen (secondary N) is 1. The van der Waals surface area contributed by atoms with Crippen LogP contribution in [0.1, 0.15) is 22.3 Å². The van der Waals surface area contributed by atoms with E-state index in [4.69, 9.17) is 0 Å². The molecule has 4 rings (SSSR count). The van der Waals surface area contributed by atoms with Crippen LogP contribution in [-0.4, -0.2) is 31.9 Å². The normalized spacial score (nSPS) is 10.8. The van der Waals surface area contributed by atoms with Crippen LogP contribution in [0, 0.1) is 13.8 Å². The van der Waals surface area contributed by atoms with E-state index >= 15 is 0 Å². The molecule has 0 atom stereocenters. The number of nitrogens with zero attached hydrogens (tertiary/aromatic N) is 4. The molecule has 0 bridgehead atoms. The fourth-order valence-electron chi connectivity index (χ4n) is 3.22. The summed E-state index contributed by atoms with van der Waals surface area (Å²) < 4.78 is 1.66. The van der Waals surface area contributed by atoms with Gasteiger partial charge in [-0.05, 0) is 71.1 Å². The number of amides is 1. The summed E-state index contributed by atoms with van der Waals surface area (Å²) in [6, 6.07) is 24.1. The number of rotatable bonds is 7. The molecule has 1 amide bonds. The van der Waals surface area contributed by atoms with Gasteiger partial charge < -0.3 is 5.32 Å². The molecule has 0 aliphatic heterocycles. The quantitative estimate of drug-likeness (QED) is 0.435. The average molecular weight is 430 g/mol. The van der Waals surface area contributed by atoms with Crippen molar-refractivity contribution in [3.63, 3.8) is 0 Å². The maximum atomic E-state index is 12.6. The topological polar surface area (TPSA) is 72.7 Å². The van der Waals surface area contributed by atoms with Crippen molar-refractivity contribution in [1.82, 2.24) is 20.2 Å². The first-order valence-electron chi connectivity index (χ1n) is 10.0. The number of aryl methyl sites for hydroxylation is 2. The van der Waals surface area contributed by atoms with Crippen LogP contribution in [0.2, 0.25) is 0 Å². The molecule has 31 heavy (non-hydrogen) atoms. The van der Waals surface area contributed by atoms with E-state index in [-0.39, 0.29) is 11.7 Å². The Hall–Kier alpha value is -3.45. The fraction of sp³-hybridized carbons (Fsp3) is 0.167. The molecule has 1 heterocycles. The number of anilines is 1. The van der Waals surface area contributed by atoms with Gasteiger partial charge in [-0.15, -0.1) is 5.10 Å². The van der Waals surface area contributed by atoms with Crippen LogP contribution in [0.15, 0.2) is 78.0 Å². The summed E-state index contributed by atoms with van der Waals surface area (Å²) in [5.74, 6) is 0.116. The van der Waals surface area contributed by atoms with Gasteiger partial charge in [-0.2, -0.15) is 4.68 Å². The molecule has 1 aromatic heterocycles. The van der Waals surface area contributed by atoms with E-state index in [9.17, 15) is 4.79 Å². The van der Waals surface area contributed by atoms with Gasteiger partial charge in [0.25, 0.3) is 0 Å². The van der Waals surface area contributed by atoms with Gasteiger partial charge in [0, 0.05) is 5.69 Å². The Kier molecular flexibility index (Phi) is 6.43. The van der Waals surface area contributed by atoms with E-state index in [1.54, 1.807) is 4.68 Å². The Morgan fingerprint density at radius 3 is 2.55 bits per heavy atom. The number of thioether (sulfide) groups is 1. The van der Waals surface area contributed by atoms with E-state index in [0.29, 0.717) is 5.16 Å². The van der Waals surface area contributed by atoms with Crippen LogP contribution in [0.4, 0.5) is 5.69 Å². The molecule has 3 aromatic carbocycles. The van der Waals surface area contributed by atoms with Crippen molar-refractivity contribution in [2.24, 2.45) is 0 Å². The SMILES string of the molecule is Cc1ccc(-n2nnnc2SCC(=O)Nc2ccccc2Cc2ccccc2)cc1C. The molecule has 0 unspecified atom stereocenters. The first-order valence-corrected chi connectivity index (χ1v) is 11.0. The van der Waals surface area contributed by atoms with Gasteiger partial charge in [-0.1, -0.05) is 66.4 Å². The second-order valence-electron chi connectivity index (χ2n) is 7.30. The van der Waals surface area contributed by atoms with Crippen molar-refractivity contribution in [1.29, 1.82) is 0 Å². The molecule has 0 saturated heterocycles. The highest BCUT2D eigenvalue weighted by Crippen LogP contribution is 2.22. The Bertz CT molecular complexity index is 1190.